The molecule has 4 aromatic rings. The van der Waals surface area contributed by atoms with E-state index in [1.807, 2.05) is 48.5 Å². The van der Waals surface area contributed by atoms with Gasteiger partial charge in [-0.05, 0) is 60.9 Å². The van der Waals surface area contributed by atoms with Crippen molar-refractivity contribution in [1.82, 2.24) is 9.97 Å². The van der Waals surface area contributed by atoms with Gasteiger partial charge in [-0.1, -0.05) is 24.3 Å². The van der Waals surface area contributed by atoms with Crippen LogP contribution >= 0.6 is 0 Å². The lowest BCUT2D eigenvalue weighted by Gasteiger charge is -2.18. The first kappa shape index (κ1) is 19.2. The second kappa shape index (κ2) is 7.80. The largest absolute Gasteiger partial charge is 0.493 e. The number of hydrogen-bond acceptors (Lipinski definition) is 4. The molecule has 0 atom stereocenters. The summed E-state index contributed by atoms with van der Waals surface area (Å²) in [5.41, 5.74) is 6.13. The molecule has 1 N–H and O–H groups in total. The van der Waals surface area contributed by atoms with E-state index in [0.717, 1.165) is 34.5 Å². The number of anilines is 1. The Morgan fingerprint density at radius 2 is 1.97 bits per heavy atom. The van der Waals surface area contributed by atoms with Crippen molar-refractivity contribution in [3.63, 3.8) is 0 Å². The number of nitrogens with one attached hydrogen (secondary N) is 1. The summed E-state index contributed by atoms with van der Waals surface area (Å²) in [4.78, 5) is 22.5. The Bertz CT molecular complexity index is 1280. The van der Waals surface area contributed by atoms with Gasteiger partial charge in [0.1, 0.15) is 5.82 Å². The fourth-order valence-corrected chi connectivity index (χ4v) is 4.01. The number of nitrogens with zero attached hydrogens (tertiary/aromatic N) is 2. The Morgan fingerprint density at radius 3 is 2.84 bits per heavy atom. The molecular weight excluding hydrogens is 390 g/mol. The molecule has 0 saturated heterocycles. The van der Waals surface area contributed by atoms with E-state index in [2.05, 4.69) is 29.0 Å². The molecule has 1 amide bonds. The number of amides is 1. The number of rotatable bonds is 5. The molecule has 31 heavy (non-hydrogen) atoms. The van der Waals surface area contributed by atoms with E-state index in [1.54, 1.807) is 12.0 Å². The minimum atomic E-state index is -0.0660. The first-order chi connectivity index (χ1) is 15.1. The molecule has 156 valence electrons. The molecule has 0 unspecified atom stereocenters. The number of fused-ring (bicyclic) bond motifs is 2. The fraction of sp³-hybridized carbons (Fsp3) is 0.200. The molecule has 6 heteroatoms. The van der Waals surface area contributed by atoms with Crippen LogP contribution in [0, 0.1) is 6.92 Å². The number of methoxy groups -OCH3 is 1. The summed E-state index contributed by atoms with van der Waals surface area (Å²) >= 11 is 0. The third kappa shape index (κ3) is 3.61. The van der Waals surface area contributed by atoms with Crippen molar-refractivity contribution >= 4 is 22.6 Å². The van der Waals surface area contributed by atoms with Crippen molar-refractivity contribution in [2.75, 3.05) is 25.2 Å². The number of aromatic amines is 1. The standard InChI is InChI=1S/C25H23N3O3/c1-16-7-9-19-20(13-16)27-25(26-19)18-8-10-22(23(14-18)30-2)31-15-24(29)28-12-11-17-5-3-4-6-21(17)28/h3-10,13-14H,11-12,15H2,1-2H3,(H,26,27). The average Bonchev–Trinajstić information content (AvgIpc) is 3.41. The highest BCUT2D eigenvalue weighted by molar-refractivity contribution is 5.96. The van der Waals surface area contributed by atoms with Crippen molar-refractivity contribution < 1.29 is 14.3 Å². The van der Waals surface area contributed by atoms with Gasteiger partial charge in [0.05, 0.1) is 18.1 Å². The number of H-pyrrole nitrogens is 1. The van der Waals surface area contributed by atoms with Crippen molar-refractivity contribution in [3.05, 3.63) is 71.8 Å². The molecule has 0 radical (unpaired) electrons. The molecule has 0 saturated carbocycles. The number of carbonyl (C=O) groups is 1. The number of ether oxygens (including phenoxy) is 2. The molecule has 2 heterocycles. The van der Waals surface area contributed by atoms with Gasteiger partial charge in [0.25, 0.3) is 5.91 Å². The van der Waals surface area contributed by atoms with Crippen LogP contribution in [-0.4, -0.2) is 36.1 Å². The molecule has 6 nitrogen and oxygen atoms in total. The van der Waals surface area contributed by atoms with Gasteiger partial charge >= 0.3 is 0 Å². The smallest absolute Gasteiger partial charge is 0.264 e. The van der Waals surface area contributed by atoms with Crippen LogP contribution in [0.3, 0.4) is 0 Å². The second-order valence-corrected chi connectivity index (χ2v) is 7.68. The number of aromatic nitrogens is 2. The molecule has 3 aromatic carbocycles. The van der Waals surface area contributed by atoms with Crippen molar-refractivity contribution in [1.29, 1.82) is 0 Å². The molecule has 0 bridgehead atoms. The highest BCUT2D eigenvalue weighted by Crippen LogP contribution is 2.33. The summed E-state index contributed by atoms with van der Waals surface area (Å²) in [5, 5.41) is 0. The topological polar surface area (TPSA) is 67.5 Å². The van der Waals surface area contributed by atoms with Gasteiger partial charge in [0.15, 0.2) is 18.1 Å². The highest BCUT2D eigenvalue weighted by atomic mass is 16.5. The van der Waals surface area contributed by atoms with Crippen LogP contribution in [0.4, 0.5) is 5.69 Å². The number of imidazole rings is 1. The predicted molar refractivity (Wildman–Crippen MR) is 121 cm³/mol. The maximum absolute atomic E-state index is 12.7. The van der Waals surface area contributed by atoms with E-state index >= 15 is 0 Å². The number of benzene rings is 3. The lowest BCUT2D eigenvalue weighted by molar-refractivity contribution is -0.120. The quantitative estimate of drug-likeness (QED) is 0.523. The highest BCUT2D eigenvalue weighted by Gasteiger charge is 2.24. The summed E-state index contributed by atoms with van der Waals surface area (Å²) in [5.74, 6) is 1.78. The normalized spacial score (nSPS) is 12.8. The number of carbonyl (C=O) groups excluding carboxylic acids is 1. The lowest BCUT2D eigenvalue weighted by atomic mass is 10.2. The molecule has 0 aliphatic carbocycles. The SMILES string of the molecule is COc1cc(-c2nc3ccc(C)cc3[nH]2)ccc1OCC(=O)N1CCc2ccccc21. The lowest BCUT2D eigenvalue weighted by Crippen LogP contribution is -2.33. The predicted octanol–water partition coefficient (Wildman–Crippen LogP) is 4.52. The van der Waals surface area contributed by atoms with Crippen molar-refractivity contribution in [3.8, 4) is 22.9 Å². The summed E-state index contributed by atoms with van der Waals surface area (Å²) in [6.07, 6.45) is 0.872. The van der Waals surface area contributed by atoms with Crippen LogP contribution in [0.2, 0.25) is 0 Å². The van der Waals surface area contributed by atoms with Gasteiger partial charge in [-0.3, -0.25) is 4.79 Å². The van der Waals surface area contributed by atoms with E-state index < -0.39 is 0 Å². The van der Waals surface area contributed by atoms with Crippen LogP contribution in [0.1, 0.15) is 11.1 Å². The molecule has 5 rings (SSSR count). The van der Waals surface area contributed by atoms with Gasteiger partial charge in [-0.25, -0.2) is 4.98 Å². The minimum Gasteiger partial charge on any atom is -0.493 e. The Labute approximate surface area is 180 Å². The zero-order chi connectivity index (χ0) is 21.4. The van der Waals surface area contributed by atoms with E-state index in [4.69, 9.17) is 9.47 Å². The van der Waals surface area contributed by atoms with E-state index in [9.17, 15) is 4.79 Å². The monoisotopic (exact) mass is 413 g/mol. The average molecular weight is 413 g/mol. The zero-order valence-electron chi connectivity index (χ0n) is 17.5. The van der Waals surface area contributed by atoms with Crippen molar-refractivity contribution in [2.24, 2.45) is 0 Å². The third-order valence-corrected chi connectivity index (χ3v) is 5.61. The van der Waals surface area contributed by atoms with Gasteiger partial charge in [0, 0.05) is 17.8 Å². The minimum absolute atomic E-state index is 0.0477. The molecule has 1 aromatic heterocycles. The summed E-state index contributed by atoms with van der Waals surface area (Å²) in [6.45, 7) is 2.69. The number of hydrogen-bond donors (Lipinski definition) is 1. The van der Waals surface area contributed by atoms with Gasteiger partial charge < -0.3 is 19.4 Å². The Morgan fingerprint density at radius 1 is 1.10 bits per heavy atom. The fourth-order valence-electron chi connectivity index (χ4n) is 4.01. The maximum atomic E-state index is 12.7. The van der Waals surface area contributed by atoms with Crippen LogP contribution in [0.25, 0.3) is 22.4 Å². The second-order valence-electron chi connectivity index (χ2n) is 7.68. The van der Waals surface area contributed by atoms with E-state index in [-0.39, 0.29) is 12.5 Å². The molecule has 1 aliphatic heterocycles. The van der Waals surface area contributed by atoms with Crippen LogP contribution < -0.4 is 14.4 Å². The van der Waals surface area contributed by atoms with Crippen LogP contribution in [0.15, 0.2) is 60.7 Å². The first-order valence-corrected chi connectivity index (χ1v) is 10.3. The Kier molecular flexibility index (Phi) is 4.82. The molecule has 0 fully saturated rings. The van der Waals surface area contributed by atoms with Gasteiger partial charge in [-0.15, -0.1) is 0 Å². The number of aryl methyl sites for hydroxylation is 1. The zero-order valence-corrected chi connectivity index (χ0v) is 17.5. The molecule has 1 aliphatic rings. The van der Waals surface area contributed by atoms with Gasteiger partial charge in [-0.2, -0.15) is 0 Å². The van der Waals surface area contributed by atoms with E-state index in [0.29, 0.717) is 18.0 Å². The van der Waals surface area contributed by atoms with Crippen LogP contribution in [0.5, 0.6) is 11.5 Å². The maximum Gasteiger partial charge on any atom is 0.264 e. The number of para-hydroxylation sites is 1. The van der Waals surface area contributed by atoms with E-state index in [1.165, 1.54) is 11.1 Å². The third-order valence-electron chi connectivity index (χ3n) is 5.61. The summed E-state index contributed by atoms with van der Waals surface area (Å²) in [7, 11) is 1.59. The molecule has 0 spiro atoms. The molecular formula is C25H23N3O3. The van der Waals surface area contributed by atoms with Gasteiger partial charge in [0.2, 0.25) is 0 Å². The Balaban J connectivity index is 1.34. The first-order valence-electron chi connectivity index (χ1n) is 10.3. The van der Waals surface area contributed by atoms with Crippen LogP contribution in [-0.2, 0) is 11.2 Å². The Hall–Kier alpha value is -3.80. The summed E-state index contributed by atoms with van der Waals surface area (Å²) in [6, 6.07) is 19.7. The summed E-state index contributed by atoms with van der Waals surface area (Å²) < 4.78 is 11.4. The van der Waals surface area contributed by atoms with Crippen molar-refractivity contribution in [2.45, 2.75) is 13.3 Å².